The molecule has 0 aliphatic carbocycles. The number of aliphatic hydroxyl groups is 1. The number of halogens is 5. The van der Waals surface area contributed by atoms with E-state index >= 15 is 4.39 Å². The summed E-state index contributed by atoms with van der Waals surface area (Å²) in [4.78, 5) is 16.9. The summed E-state index contributed by atoms with van der Waals surface area (Å²) >= 11 is 0. The molecule has 256 valence electrons. The van der Waals surface area contributed by atoms with E-state index < -0.39 is 47.4 Å². The minimum atomic E-state index is -4.33. The van der Waals surface area contributed by atoms with Gasteiger partial charge in [-0.25, -0.2) is 13.8 Å². The molecule has 1 aliphatic rings. The number of carbonyl (C=O) groups excluding carboxylic acids is 1. The van der Waals surface area contributed by atoms with Gasteiger partial charge >= 0.3 is 6.18 Å². The number of nitrogens with two attached hydrogens (primary N) is 1. The van der Waals surface area contributed by atoms with E-state index in [2.05, 4.69) is 15.2 Å². The first kappa shape index (κ1) is 35.0. The Morgan fingerprint density at radius 1 is 1.12 bits per heavy atom. The van der Waals surface area contributed by atoms with Crippen LogP contribution in [-0.4, -0.2) is 58.8 Å². The van der Waals surface area contributed by atoms with E-state index in [0.29, 0.717) is 22.2 Å². The molecule has 0 spiro atoms. The van der Waals surface area contributed by atoms with Crippen LogP contribution in [0.3, 0.4) is 0 Å². The molecular weight excluding hydrogens is 639 g/mol. The Kier molecular flexibility index (Phi) is 9.73. The van der Waals surface area contributed by atoms with Gasteiger partial charge in [-0.1, -0.05) is 0 Å². The lowest BCUT2D eigenvalue weighted by atomic mass is 9.83. The van der Waals surface area contributed by atoms with Gasteiger partial charge in [-0.05, 0) is 75.2 Å². The van der Waals surface area contributed by atoms with E-state index in [1.807, 2.05) is 0 Å². The second-order valence-electron chi connectivity index (χ2n) is 12.4. The molecule has 14 heteroatoms. The van der Waals surface area contributed by atoms with Crippen molar-refractivity contribution in [2.24, 2.45) is 5.73 Å². The molecule has 2 atom stereocenters. The second-order valence-corrected chi connectivity index (χ2v) is 12.4. The molecular formula is C34H35F5N4O5. The van der Waals surface area contributed by atoms with Crippen LogP contribution < -0.4 is 10.5 Å². The molecule has 9 nitrogen and oxygen atoms in total. The largest absolute Gasteiger partial charge is 0.494 e. The molecule has 5 rings (SSSR count). The number of pyridine rings is 1. The van der Waals surface area contributed by atoms with E-state index in [9.17, 15) is 27.5 Å². The van der Waals surface area contributed by atoms with Gasteiger partial charge in [0.15, 0.2) is 5.82 Å². The summed E-state index contributed by atoms with van der Waals surface area (Å²) in [6.07, 6.45) is -6.21. The predicted octanol–water partition coefficient (Wildman–Crippen LogP) is 6.20. The van der Waals surface area contributed by atoms with E-state index in [4.69, 9.17) is 19.9 Å². The van der Waals surface area contributed by atoms with E-state index in [1.165, 1.54) is 45.2 Å². The fourth-order valence-corrected chi connectivity index (χ4v) is 5.89. The number of carbonyl (C=O) groups is 1. The molecule has 4 aromatic rings. The van der Waals surface area contributed by atoms with Crippen LogP contribution >= 0.6 is 0 Å². The van der Waals surface area contributed by atoms with Crippen molar-refractivity contribution < 1.29 is 46.1 Å². The minimum absolute atomic E-state index is 0.00538. The summed E-state index contributed by atoms with van der Waals surface area (Å²) in [6, 6.07) is 9.40. The number of benzene rings is 2. The van der Waals surface area contributed by atoms with Gasteiger partial charge in [-0.2, -0.15) is 18.3 Å². The van der Waals surface area contributed by atoms with Gasteiger partial charge in [-0.15, -0.1) is 5.10 Å². The molecule has 3 N–H and O–H groups in total. The fourth-order valence-electron chi connectivity index (χ4n) is 5.89. The molecule has 3 heterocycles. The van der Waals surface area contributed by atoms with Gasteiger partial charge < -0.3 is 25.1 Å². The number of amides is 1. The smallest absolute Gasteiger partial charge is 0.389 e. The number of ether oxygens (including phenoxy) is 3. The Balaban J connectivity index is 1.69. The van der Waals surface area contributed by atoms with Crippen LogP contribution in [0.25, 0.3) is 22.2 Å². The number of methoxy groups -OCH3 is 1. The highest BCUT2D eigenvalue weighted by atomic mass is 19.4. The number of alkyl halides is 3. The average Bonchev–Trinajstić information content (AvgIpc) is 3.43. The molecule has 2 aromatic carbocycles. The Morgan fingerprint density at radius 2 is 1.83 bits per heavy atom. The standard InChI is InChI=1S/C34H35F5N4O5/c1-18-24(23-12-20(31(40)44)13-26(46-4)30(23)43-42-18)16-33(15-22(17-48-33)47-11-5-10-34(37,38)39)27-14-25(32(2,3)45)28(36)29(41-27)19-6-8-21(35)9-7-19/h6-9,12-14,22,45H,5,10-11,15-17H2,1-4H3,(H2,40,44). The van der Waals surface area contributed by atoms with Crippen molar-refractivity contribution in [1.29, 1.82) is 0 Å². The maximum Gasteiger partial charge on any atom is 0.389 e. The number of aryl methyl sites for hydroxylation is 1. The Hall–Kier alpha value is -4.27. The number of nitrogens with zero attached hydrogens (tertiary/aromatic N) is 3. The summed E-state index contributed by atoms with van der Waals surface area (Å²) in [5.41, 5.74) is 4.11. The quantitative estimate of drug-likeness (QED) is 0.142. The Bertz CT molecular complexity index is 1830. The number of primary amides is 1. The third-order valence-corrected chi connectivity index (χ3v) is 8.37. The van der Waals surface area contributed by atoms with Gasteiger partial charge in [0.1, 0.15) is 28.4 Å². The molecule has 0 saturated carbocycles. The average molecular weight is 675 g/mol. The molecule has 2 unspecified atom stereocenters. The minimum Gasteiger partial charge on any atom is -0.494 e. The van der Waals surface area contributed by atoms with Crippen molar-refractivity contribution >= 4 is 16.8 Å². The number of fused-ring (bicyclic) bond motifs is 1. The third kappa shape index (κ3) is 7.40. The number of hydrogen-bond donors (Lipinski definition) is 2. The lowest BCUT2D eigenvalue weighted by Gasteiger charge is -2.31. The summed E-state index contributed by atoms with van der Waals surface area (Å²) in [6.45, 7) is 4.28. The monoisotopic (exact) mass is 674 g/mol. The molecule has 1 saturated heterocycles. The van der Waals surface area contributed by atoms with Crippen LogP contribution in [0.15, 0.2) is 42.5 Å². The van der Waals surface area contributed by atoms with Crippen molar-refractivity contribution in [2.45, 2.75) is 69.9 Å². The van der Waals surface area contributed by atoms with Gasteiger partial charge in [0.25, 0.3) is 0 Å². The molecule has 1 amide bonds. The highest BCUT2D eigenvalue weighted by Crippen LogP contribution is 2.44. The Morgan fingerprint density at radius 3 is 2.46 bits per heavy atom. The zero-order valence-corrected chi connectivity index (χ0v) is 26.8. The van der Waals surface area contributed by atoms with Gasteiger partial charge in [0, 0.05) is 47.9 Å². The molecule has 48 heavy (non-hydrogen) atoms. The number of hydrogen-bond acceptors (Lipinski definition) is 8. The lowest BCUT2D eigenvalue weighted by Crippen LogP contribution is -2.32. The van der Waals surface area contributed by atoms with Crippen LogP contribution in [0.1, 0.15) is 66.0 Å². The van der Waals surface area contributed by atoms with E-state index in [0.717, 1.165) is 12.1 Å². The van der Waals surface area contributed by atoms with Crippen LogP contribution in [0.5, 0.6) is 5.75 Å². The third-order valence-electron chi connectivity index (χ3n) is 8.37. The van der Waals surface area contributed by atoms with Crippen LogP contribution in [0.4, 0.5) is 22.0 Å². The number of rotatable bonds is 11. The fraction of sp³-hybridized carbons (Fsp3) is 0.412. The molecule has 0 bridgehead atoms. The molecule has 1 aliphatic heterocycles. The van der Waals surface area contributed by atoms with Crippen LogP contribution in [0, 0.1) is 18.6 Å². The van der Waals surface area contributed by atoms with Crippen LogP contribution in [0.2, 0.25) is 0 Å². The maximum atomic E-state index is 16.1. The molecule has 0 radical (unpaired) electrons. The lowest BCUT2D eigenvalue weighted by molar-refractivity contribution is -0.138. The highest BCUT2D eigenvalue weighted by Gasteiger charge is 2.46. The van der Waals surface area contributed by atoms with Crippen molar-refractivity contribution in [3.05, 3.63) is 82.2 Å². The van der Waals surface area contributed by atoms with Crippen molar-refractivity contribution in [1.82, 2.24) is 15.2 Å². The first-order valence-corrected chi connectivity index (χ1v) is 15.2. The van der Waals surface area contributed by atoms with E-state index in [1.54, 1.807) is 13.0 Å². The van der Waals surface area contributed by atoms with Crippen LogP contribution in [-0.2, 0) is 27.1 Å². The highest BCUT2D eigenvalue weighted by molar-refractivity contribution is 6.00. The van der Waals surface area contributed by atoms with Gasteiger partial charge in [-0.3, -0.25) is 4.79 Å². The summed E-state index contributed by atoms with van der Waals surface area (Å²) < 4.78 is 86.1. The topological polar surface area (TPSA) is 130 Å². The van der Waals surface area contributed by atoms with Gasteiger partial charge in [0.2, 0.25) is 5.91 Å². The van der Waals surface area contributed by atoms with Crippen molar-refractivity contribution in [3.63, 3.8) is 0 Å². The summed E-state index contributed by atoms with van der Waals surface area (Å²) in [5.74, 6) is -1.84. The number of aromatic nitrogens is 3. The zero-order valence-electron chi connectivity index (χ0n) is 26.8. The SMILES string of the molecule is COc1cc(C(N)=O)cc2c(CC3(c4cc(C(C)(C)O)c(F)c(-c5ccc(F)cc5)n4)CC(OCCCC(F)(F)F)CO3)c(C)nnc12. The summed E-state index contributed by atoms with van der Waals surface area (Å²) in [7, 11) is 1.40. The molecule has 2 aromatic heterocycles. The second kappa shape index (κ2) is 13.3. The first-order chi connectivity index (χ1) is 22.5. The zero-order chi connectivity index (χ0) is 35.0. The predicted molar refractivity (Wildman–Crippen MR) is 165 cm³/mol. The normalized spacial score (nSPS) is 18.4. The maximum absolute atomic E-state index is 16.1. The Labute approximate surface area is 273 Å². The van der Waals surface area contributed by atoms with Gasteiger partial charge in [0.05, 0.1) is 36.8 Å². The van der Waals surface area contributed by atoms with Crippen molar-refractivity contribution in [2.75, 3.05) is 20.3 Å². The van der Waals surface area contributed by atoms with E-state index in [-0.39, 0.29) is 66.3 Å². The van der Waals surface area contributed by atoms with Crippen molar-refractivity contribution in [3.8, 4) is 17.0 Å². The molecule has 1 fully saturated rings. The first-order valence-electron chi connectivity index (χ1n) is 15.2. The summed E-state index contributed by atoms with van der Waals surface area (Å²) in [5, 5.41) is 20.1.